The molecule has 0 aliphatic carbocycles. The van der Waals surface area contributed by atoms with E-state index in [0.717, 1.165) is 0 Å². The third-order valence-corrected chi connectivity index (χ3v) is 4.01. The molecule has 1 heteroatoms. The van der Waals surface area contributed by atoms with Crippen molar-refractivity contribution in [2.75, 3.05) is 26.2 Å². The van der Waals surface area contributed by atoms with Gasteiger partial charge in [0.1, 0.15) is 0 Å². The maximum atomic E-state index is 2.46. The summed E-state index contributed by atoms with van der Waals surface area (Å²) in [7, 11) is 0. The minimum Gasteiger partial charge on any atom is -0.323 e. The van der Waals surface area contributed by atoms with Crippen LogP contribution in [-0.2, 0) is 0 Å². The Bertz CT molecular complexity index is 172. The van der Waals surface area contributed by atoms with E-state index < -0.39 is 0 Å². The quantitative estimate of drug-likeness (QED) is 0.505. The highest BCUT2D eigenvalue weighted by atomic mass is 15.4. The second-order valence-corrected chi connectivity index (χ2v) is 6.00. The lowest BCUT2D eigenvalue weighted by atomic mass is 9.81. The molecule has 2 saturated heterocycles. The molecule has 13 heavy (non-hydrogen) atoms. The van der Waals surface area contributed by atoms with Crippen LogP contribution in [0.1, 0.15) is 46.0 Å². The lowest BCUT2D eigenvalue weighted by Crippen LogP contribution is -2.58. The van der Waals surface area contributed by atoms with Crippen molar-refractivity contribution in [2.45, 2.75) is 46.0 Å². The second-order valence-electron chi connectivity index (χ2n) is 6.00. The van der Waals surface area contributed by atoms with Gasteiger partial charge in [0.05, 0.1) is 26.2 Å². The smallest absolute Gasteiger partial charge is 0.0838 e. The normalized spacial score (nSPS) is 31.8. The van der Waals surface area contributed by atoms with Gasteiger partial charge in [0, 0.05) is 5.41 Å². The predicted molar refractivity (Wildman–Crippen MR) is 56.6 cm³/mol. The van der Waals surface area contributed by atoms with Gasteiger partial charge in [0.15, 0.2) is 0 Å². The van der Waals surface area contributed by atoms with E-state index in [0.29, 0.717) is 5.41 Å². The first-order valence-electron chi connectivity index (χ1n) is 5.97. The Labute approximate surface area is 82.7 Å². The third kappa shape index (κ3) is 2.07. The van der Waals surface area contributed by atoms with Gasteiger partial charge < -0.3 is 4.48 Å². The standard InChI is InChI=1S/C12H24N/c1-12(2)7-6-10-13(11-12)8-4-3-5-9-13/h3-11H2,1-2H3/q+1. The maximum Gasteiger partial charge on any atom is 0.0838 e. The van der Waals surface area contributed by atoms with Crippen molar-refractivity contribution < 1.29 is 4.48 Å². The van der Waals surface area contributed by atoms with Gasteiger partial charge >= 0.3 is 0 Å². The summed E-state index contributed by atoms with van der Waals surface area (Å²) in [5.74, 6) is 0. The van der Waals surface area contributed by atoms with E-state index in [2.05, 4.69) is 13.8 Å². The van der Waals surface area contributed by atoms with Gasteiger partial charge in [-0.1, -0.05) is 13.8 Å². The van der Waals surface area contributed by atoms with Crippen LogP contribution in [0.25, 0.3) is 0 Å². The van der Waals surface area contributed by atoms with Crippen molar-refractivity contribution in [3.8, 4) is 0 Å². The van der Waals surface area contributed by atoms with Crippen LogP contribution in [0.2, 0.25) is 0 Å². The van der Waals surface area contributed by atoms with E-state index in [9.17, 15) is 0 Å². The molecular formula is C12H24N+. The summed E-state index contributed by atoms with van der Waals surface area (Å²) in [6, 6.07) is 0. The Hall–Kier alpha value is -0.0400. The average molecular weight is 182 g/mol. The fourth-order valence-corrected chi connectivity index (χ4v) is 3.52. The molecule has 0 N–H and O–H groups in total. The maximum absolute atomic E-state index is 2.46. The summed E-state index contributed by atoms with van der Waals surface area (Å²) in [5, 5.41) is 0. The molecule has 0 saturated carbocycles. The molecule has 1 nitrogen and oxygen atoms in total. The SMILES string of the molecule is CC1(C)CCC[N+]2(CCCCC2)C1. The van der Waals surface area contributed by atoms with Crippen LogP contribution in [0.5, 0.6) is 0 Å². The van der Waals surface area contributed by atoms with Crippen LogP contribution in [0.3, 0.4) is 0 Å². The van der Waals surface area contributed by atoms with Crippen molar-refractivity contribution >= 4 is 0 Å². The first kappa shape index (κ1) is 9.51. The highest BCUT2D eigenvalue weighted by Crippen LogP contribution is 2.35. The number of hydrogen-bond donors (Lipinski definition) is 0. The zero-order valence-electron chi connectivity index (χ0n) is 9.31. The molecule has 2 aliphatic rings. The summed E-state index contributed by atoms with van der Waals surface area (Å²) in [4.78, 5) is 0. The van der Waals surface area contributed by atoms with Gasteiger partial charge in [0.25, 0.3) is 0 Å². The van der Waals surface area contributed by atoms with Crippen LogP contribution < -0.4 is 0 Å². The molecule has 2 fully saturated rings. The molecular weight excluding hydrogens is 158 g/mol. The first-order chi connectivity index (χ1) is 6.12. The van der Waals surface area contributed by atoms with E-state index in [1.165, 1.54) is 62.8 Å². The van der Waals surface area contributed by atoms with E-state index >= 15 is 0 Å². The van der Waals surface area contributed by atoms with E-state index in [1.807, 2.05) is 0 Å². The van der Waals surface area contributed by atoms with Crippen LogP contribution in [0.15, 0.2) is 0 Å². The highest BCUT2D eigenvalue weighted by molar-refractivity contribution is 4.74. The largest absolute Gasteiger partial charge is 0.323 e. The van der Waals surface area contributed by atoms with Gasteiger partial charge in [-0.3, -0.25) is 0 Å². The van der Waals surface area contributed by atoms with Crippen molar-refractivity contribution in [2.24, 2.45) is 5.41 Å². The minimum atomic E-state index is 0.621. The molecule has 0 bridgehead atoms. The molecule has 0 aromatic rings. The number of nitrogens with zero attached hydrogens (tertiary/aromatic N) is 1. The van der Waals surface area contributed by atoms with Gasteiger partial charge in [-0.2, -0.15) is 0 Å². The number of rotatable bonds is 0. The van der Waals surface area contributed by atoms with Crippen LogP contribution in [0.4, 0.5) is 0 Å². The van der Waals surface area contributed by atoms with Crippen LogP contribution in [-0.4, -0.2) is 30.7 Å². The number of quaternary nitrogens is 1. The zero-order valence-corrected chi connectivity index (χ0v) is 9.31. The van der Waals surface area contributed by atoms with Crippen molar-refractivity contribution in [3.63, 3.8) is 0 Å². The lowest BCUT2D eigenvalue weighted by molar-refractivity contribution is -0.943. The molecule has 0 aromatic carbocycles. The summed E-state index contributed by atoms with van der Waals surface area (Å²) in [6.07, 6.45) is 7.37. The molecule has 2 rings (SSSR count). The molecule has 0 atom stereocenters. The van der Waals surface area contributed by atoms with Gasteiger partial charge in [0.2, 0.25) is 0 Å². The Balaban J connectivity index is 2.04. The Morgan fingerprint density at radius 2 is 1.46 bits per heavy atom. The van der Waals surface area contributed by atoms with Gasteiger partial charge in [-0.25, -0.2) is 0 Å². The van der Waals surface area contributed by atoms with Crippen molar-refractivity contribution in [1.29, 1.82) is 0 Å². The monoisotopic (exact) mass is 182 g/mol. The Kier molecular flexibility index (Phi) is 2.39. The minimum absolute atomic E-state index is 0.621. The van der Waals surface area contributed by atoms with Gasteiger partial charge in [-0.15, -0.1) is 0 Å². The fraction of sp³-hybridized carbons (Fsp3) is 1.00. The van der Waals surface area contributed by atoms with E-state index in [-0.39, 0.29) is 0 Å². The summed E-state index contributed by atoms with van der Waals surface area (Å²) in [5.41, 5.74) is 0.621. The third-order valence-electron chi connectivity index (χ3n) is 4.01. The summed E-state index contributed by atoms with van der Waals surface area (Å²) < 4.78 is 1.47. The first-order valence-corrected chi connectivity index (χ1v) is 5.97. The fourth-order valence-electron chi connectivity index (χ4n) is 3.52. The molecule has 2 heterocycles. The summed E-state index contributed by atoms with van der Waals surface area (Å²) in [6.45, 7) is 10.8. The Morgan fingerprint density at radius 3 is 2.08 bits per heavy atom. The molecule has 0 unspecified atom stereocenters. The lowest BCUT2D eigenvalue weighted by Gasteiger charge is -2.49. The predicted octanol–water partition coefficient (Wildman–Crippen LogP) is 2.81. The van der Waals surface area contributed by atoms with E-state index in [1.54, 1.807) is 0 Å². The molecule has 0 amide bonds. The molecule has 0 aromatic heterocycles. The number of hydrogen-bond acceptors (Lipinski definition) is 0. The molecule has 1 spiro atoms. The summed E-state index contributed by atoms with van der Waals surface area (Å²) >= 11 is 0. The Morgan fingerprint density at radius 1 is 0.846 bits per heavy atom. The second kappa shape index (κ2) is 3.27. The van der Waals surface area contributed by atoms with Crippen molar-refractivity contribution in [1.82, 2.24) is 0 Å². The topological polar surface area (TPSA) is 0 Å². The highest BCUT2D eigenvalue weighted by Gasteiger charge is 2.39. The number of piperidine rings is 2. The molecule has 76 valence electrons. The van der Waals surface area contributed by atoms with E-state index in [4.69, 9.17) is 0 Å². The molecule has 2 aliphatic heterocycles. The van der Waals surface area contributed by atoms with Gasteiger partial charge in [-0.05, 0) is 32.1 Å². The average Bonchev–Trinajstić information content (AvgIpc) is 2.03. The van der Waals surface area contributed by atoms with Crippen molar-refractivity contribution in [3.05, 3.63) is 0 Å². The zero-order chi connectivity index (χ0) is 9.36. The molecule has 0 radical (unpaired) electrons. The van der Waals surface area contributed by atoms with Crippen LogP contribution >= 0.6 is 0 Å². The van der Waals surface area contributed by atoms with Crippen LogP contribution in [0, 0.1) is 5.41 Å².